The molecular weight excluding hydrogens is 408 g/mol. The number of hydrogen-bond donors (Lipinski definition) is 0. The number of hydrogen-bond acceptors (Lipinski definition) is 5. The van der Waals surface area contributed by atoms with E-state index in [1.165, 1.54) is 22.2 Å². The van der Waals surface area contributed by atoms with Gasteiger partial charge in [0.15, 0.2) is 0 Å². The molecule has 1 atom stereocenters. The summed E-state index contributed by atoms with van der Waals surface area (Å²) in [7, 11) is 0. The molecule has 0 N–H and O–H groups in total. The lowest BCUT2D eigenvalue weighted by molar-refractivity contribution is -0.148. The number of carbonyl (C=O) groups excluding carboxylic acids is 1. The molecule has 146 valence electrons. The second-order valence-corrected chi connectivity index (χ2v) is 7.79. The molecule has 0 fully saturated rings. The third-order valence-corrected chi connectivity index (χ3v) is 5.95. The summed E-state index contributed by atoms with van der Waals surface area (Å²) in [6.07, 6.45) is 1.40. The number of ether oxygens (including phenoxy) is 1. The minimum absolute atomic E-state index is 0.0426. The van der Waals surface area contributed by atoms with Crippen LogP contribution in [0.3, 0.4) is 0 Å². The van der Waals surface area contributed by atoms with Gasteiger partial charge in [0, 0.05) is 21.5 Å². The molecule has 0 amide bonds. The van der Waals surface area contributed by atoms with Gasteiger partial charge in [-0.15, -0.1) is 11.3 Å². The first-order valence-electron chi connectivity index (χ1n) is 9.00. The van der Waals surface area contributed by atoms with Crippen LogP contribution in [0.1, 0.15) is 18.5 Å². The zero-order valence-electron chi connectivity index (χ0n) is 15.5. The van der Waals surface area contributed by atoms with Gasteiger partial charge in [-0.25, -0.2) is 9.78 Å². The van der Waals surface area contributed by atoms with Gasteiger partial charge in [-0.2, -0.15) is 0 Å². The normalized spacial score (nSPS) is 12.1. The Hall–Kier alpha value is -2.96. The maximum absolute atomic E-state index is 13.2. The molecule has 7 heteroatoms. The van der Waals surface area contributed by atoms with Crippen molar-refractivity contribution in [1.82, 2.24) is 9.55 Å². The van der Waals surface area contributed by atoms with E-state index in [0.717, 1.165) is 11.1 Å². The van der Waals surface area contributed by atoms with Crippen LogP contribution in [0, 0.1) is 0 Å². The first kappa shape index (κ1) is 19.4. The van der Waals surface area contributed by atoms with E-state index in [9.17, 15) is 9.59 Å². The Kier molecular flexibility index (Phi) is 5.47. The number of halogens is 1. The summed E-state index contributed by atoms with van der Waals surface area (Å²) in [5.74, 6) is -0.523. The standard InChI is InChI=1S/C22H17ClN2O3S/c1-14(22(27)28-11-16-9-5-6-10-18(16)23)25-13-24-20-19(21(25)26)17(12-29-20)15-7-3-2-4-8-15/h2-10,12-14H,11H2,1H3/t14-/m1/s1. The third-order valence-electron chi connectivity index (χ3n) is 4.69. The average molecular weight is 425 g/mol. The highest BCUT2D eigenvalue weighted by Crippen LogP contribution is 2.30. The fourth-order valence-corrected chi connectivity index (χ4v) is 4.15. The molecule has 2 heterocycles. The predicted molar refractivity (Wildman–Crippen MR) is 115 cm³/mol. The molecule has 29 heavy (non-hydrogen) atoms. The van der Waals surface area contributed by atoms with E-state index in [2.05, 4.69) is 4.98 Å². The third kappa shape index (κ3) is 3.81. The van der Waals surface area contributed by atoms with Crippen LogP contribution in [-0.2, 0) is 16.1 Å². The number of benzene rings is 2. The summed E-state index contributed by atoms with van der Waals surface area (Å²) in [6, 6.07) is 16.0. The maximum atomic E-state index is 13.2. The van der Waals surface area contributed by atoms with E-state index in [0.29, 0.717) is 20.8 Å². The fourth-order valence-electron chi connectivity index (χ4n) is 3.05. The van der Waals surface area contributed by atoms with Gasteiger partial charge in [-0.3, -0.25) is 9.36 Å². The zero-order valence-corrected chi connectivity index (χ0v) is 17.1. The minimum atomic E-state index is -0.814. The van der Waals surface area contributed by atoms with Gasteiger partial charge >= 0.3 is 5.97 Å². The Balaban J connectivity index is 1.63. The van der Waals surface area contributed by atoms with Crippen LogP contribution in [0.4, 0.5) is 0 Å². The van der Waals surface area contributed by atoms with Gasteiger partial charge in [0.1, 0.15) is 17.5 Å². The molecule has 0 aliphatic rings. The van der Waals surface area contributed by atoms with E-state index in [-0.39, 0.29) is 12.2 Å². The number of nitrogens with zero attached hydrogens (tertiary/aromatic N) is 2. The first-order chi connectivity index (χ1) is 14.1. The van der Waals surface area contributed by atoms with E-state index in [4.69, 9.17) is 16.3 Å². The lowest BCUT2D eigenvalue weighted by Crippen LogP contribution is -2.29. The summed E-state index contributed by atoms with van der Waals surface area (Å²) in [5, 5.41) is 2.95. The van der Waals surface area contributed by atoms with Gasteiger partial charge < -0.3 is 4.74 Å². The van der Waals surface area contributed by atoms with Crippen molar-refractivity contribution >= 4 is 39.1 Å². The molecule has 0 spiro atoms. The summed E-state index contributed by atoms with van der Waals surface area (Å²) in [6.45, 7) is 1.67. The molecular formula is C22H17ClN2O3S. The Labute approximate surface area is 176 Å². The van der Waals surface area contributed by atoms with Crippen molar-refractivity contribution < 1.29 is 9.53 Å². The summed E-state index contributed by atoms with van der Waals surface area (Å²) in [4.78, 5) is 30.7. The summed E-state index contributed by atoms with van der Waals surface area (Å²) >= 11 is 7.51. The second-order valence-electron chi connectivity index (χ2n) is 6.53. The molecule has 0 saturated heterocycles. The summed E-state index contributed by atoms with van der Waals surface area (Å²) < 4.78 is 6.70. The van der Waals surface area contributed by atoms with Crippen LogP contribution in [0.15, 0.2) is 71.1 Å². The minimum Gasteiger partial charge on any atom is -0.459 e. The molecule has 5 nitrogen and oxygen atoms in total. The maximum Gasteiger partial charge on any atom is 0.329 e. The average Bonchev–Trinajstić information content (AvgIpc) is 3.18. The van der Waals surface area contributed by atoms with Gasteiger partial charge in [0.05, 0.1) is 11.7 Å². The fraction of sp³-hybridized carbons (Fsp3) is 0.136. The van der Waals surface area contributed by atoms with Crippen molar-refractivity contribution in [3.63, 3.8) is 0 Å². The number of aromatic nitrogens is 2. The van der Waals surface area contributed by atoms with Gasteiger partial charge in [-0.1, -0.05) is 60.1 Å². The molecule has 4 aromatic rings. The lowest BCUT2D eigenvalue weighted by Gasteiger charge is -2.14. The van der Waals surface area contributed by atoms with Crippen LogP contribution in [-0.4, -0.2) is 15.5 Å². The number of thiophene rings is 1. The van der Waals surface area contributed by atoms with Crippen molar-refractivity contribution in [2.45, 2.75) is 19.6 Å². The highest BCUT2D eigenvalue weighted by molar-refractivity contribution is 7.17. The van der Waals surface area contributed by atoms with Crippen LogP contribution >= 0.6 is 22.9 Å². The smallest absolute Gasteiger partial charge is 0.329 e. The van der Waals surface area contributed by atoms with Crippen LogP contribution < -0.4 is 5.56 Å². The Morgan fingerprint density at radius 1 is 1.17 bits per heavy atom. The quantitative estimate of drug-likeness (QED) is 0.419. The molecule has 2 aromatic heterocycles. The van der Waals surface area contributed by atoms with Crippen LogP contribution in [0.5, 0.6) is 0 Å². The predicted octanol–water partition coefficient (Wildman–Crippen LogP) is 5.08. The van der Waals surface area contributed by atoms with Crippen molar-refractivity contribution in [2.24, 2.45) is 0 Å². The molecule has 0 unspecified atom stereocenters. The van der Waals surface area contributed by atoms with Gasteiger partial charge in [-0.05, 0) is 18.6 Å². The van der Waals surface area contributed by atoms with E-state index in [1.54, 1.807) is 19.1 Å². The van der Waals surface area contributed by atoms with Crippen LogP contribution in [0.25, 0.3) is 21.3 Å². The van der Waals surface area contributed by atoms with E-state index in [1.807, 2.05) is 47.8 Å². The van der Waals surface area contributed by atoms with Crippen molar-refractivity contribution in [3.05, 3.63) is 87.2 Å². The largest absolute Gasteiger partial charge is 0.459 e. The number of fused-ring (bicyclic) bond motifs is 1. The van der Waals surface area contributed by atoms with Crippen molar-refractivity contribution in [3.8, 4) is 11.1 Å². The molecule has 0 aliphatic carbocycles. The van der Waals surface area contributed by atoms with Crippen molar-refractivity contribution in [1.29, 1.82) is 0 Å². The highest BCUT2D eigenvalue weighted by Gasteiger charge is 2.21. The number of esters is 1. The Bertz CT molecular complexity index is 1230. The summed E-state index contributed by atoms with van der Waals surface area (Å²) in [5.41, 5.74) is 2.19. The second kappa shape index (κ2) is 8.19. The van der Waals surface area contributed by atoms with E-state index < -0.39 is 12.0 Å². The monoisotopic (exact) mass is 424 g/mol. The van der Waals surface area contributed by atoms with Gasteiger partial charge in [0.2, 0.25) is 0 Å². The number of rotatable bonds is 5. The SMILES string of the molecule is C[C@H](C(=O)OCc1ccccc1Cl)n1cnc2scc(-c3ccccc3)c2c1=O. The Morgan fingerprint density at radius 2 is 1.90 bits per heavy atom. The van der Waals surface area contributed by atoms with E-state index >= 15 is 0 Å². The molecule has 0 radical (unpaired) electrons. The molecule has 0 bridgehead atoms. The van der Waals surface area contributed by atoms with Gasteiger partial charge in [0.25, 0.3) is 5.56 Å². The molecule has 4 rings (SSSR count). The topological polar surface area (TPSA) is 61.2 Å². The lowest BCUT2D eigenvalue weighted by atomic mass is 10.1. The Morgan fingerprint density at radius 3 is 2.66 bits per heavy atom. The molecule has 2 aromatic carbocycles. The first-order valence-corrected chi connectivity index (χ1v) is 10.3. The highest BCUT2D eigenvalue weighted by atomic mass is 35.5. The number of carbonyl (C=O) groups is 1. The van der Waals surface area contributed by atoms with Crippen LogP contribution in [0.2, 0.25) is 5.02 Å². The van der Waals surface area contributed by atoms with Crippen molar-refractivity contribution in [2.75, 3.05) is 0 Å². The molecule has 0 saturated carbocycles. The zero-order chi connectivity index (χ0) is 20.4. The molecule has 0 aliphatic heterocycles.